The molecule has 0 spiro atoms. The number of amides is 1. The minimum atomic E-state index is -0.498. The third-order valence-corrected chi connectivity index (χ3v) is 3.49. The lowest BCUT2D eigenvalue weighted by Crippen LogP contribution is -2.42. The zero-order valence-corrected chi connectivity index (χ0v) is 12.6. The molecule has 2 aromatic carbocycles. The van der Waals surface area contributed by atoms with E-state index < -0.39 is 6.04 Å². The summed E-state index contributed by atoms with van der Waals surface area (Å²) in [5.41, 5.74) is 9.45. The molecule has 21 heavy (non-hydrogen) atoms. The van der Waals surface area contributed by atoms with Crippen molar-refractivity contribution >= 4 is 5.91 Å². The summed E-state index contributed by atoms with van der Waals surface area (Å²) >= 11 is 0. The Morgan fingerprint density at radius 3 is 2.43 bits per heavy atom. The van der Waals surface area contributed by atoms with E-state index in [0.717, 1.165) is 11.1 Å². The van der Waals surface area contributed by atoms with Gasteiger partial charge in [0.05, 0.1) is 6.04 Å². The molecule has 0 radical (unpaired) electrons. The highest BCUT2D eigenvalue weighted by Crippen LogP contribution is 2.09. The minimum absolute atomic E-state index is 0.0274. The number of hydrogen-bond acceptors (Lipinski definition) is 2. The molecule has 0 aromatic heterocycles. The largest absolute Gasteiger partial charge is 0.340 e. The van der Waals surface area contributed by atoms with Crippen LogP contribution in [0.4, 0.5) is 0 Å². The monoisotopic (exact) mass is 282 g/mol. The molecule has 2 aromatic rings. The lowest BCUT2D eigenvalue weighted by atomic mass is 10.1. The molecule has 0 aliphatic heterocycles. The molecule has 0 heterocycles. The molecule has 2 N–H and O–H groups in total. The highest BCUT2D eigenvalue weighted by Gasteiger charge is 2.18. The molecule has 1 amide bonds. The predicted molar refractivity (Wildman–Crippen MR) is 85.8 cm³/mol. The van der Waals surface area contributed by atoms with Gasteiger partial charge in [0.1, 0.15) is 0 Å². The third kappa shape index (κ3) is 4.43. The van der Waals surface area contributed by atoms with Crippen molar-refractivity contribution in [3.05, 3.63) is 71.3 Å². The molecule has 0 unspecified atom stereocenters. The summed E-state index contributed by atoms with van der Waals surface area (Å²) in [5, 5.41) is 0. The van der Waals surface area contributed by atoms with Crippen LogP contribution in [0.5, 0.6) is 0 Å². The number of likely N-dealkylation sites (N-methyl/N-ethyl adjacent to an activating group) is 1. The summed E-state index contributed by atoms with van der Waals surface area (Å²) in [7, 11) is 1.80. The molecule has 0 saturated heterocycles. The predicted octanol–water partition coefficient (Wildman–Crippen LogP) is 2.52. The average Bonchev–Trinajstić information content (AvgIpc) is 2.47. The molecular weight excluding hydrogens is 260 g/mol. The normalized spacial score (nSPS) is 12.0. The maximum atomic E-state index is 12.3. The number of hydrogen-bond donors (Lipinski definition) is 1. The fraction of sp³-hybridized carbons (Fsp3) is 0.278. The highest BCUT2D eigenvalue weighted by molar-refractivity contribution is 5.81. The molecule has 110 valence electrons. The van der Waals surface area contributed by atoms with Crippen LogP contribution in [0, 0.1) is 6.92 Å². The van der Waals surface area contributed by atoms with Crippen molar-refractivity contribution < 1.29 is 4.79 Å². The Morgan fingerprint density at radius 1 is 1.10 bits per heavy atom. The van der Waals surface area contributed by atoms with Gasteiger partial charge < -0.3 is 10.6 Å². The van der Waals surface area contributed by atoms with Gasteiger partial charge in [0.2, 0.25) is 5.91 Å². The van der Waals surface area contributed by atoms with Gasteiger partial charge >= 0.3 is 0 Å². The van der Waals surface area contributed by atoms with Gasteiger partial charge in [-0.25, -0.2) is 0 Å². The third-order valence-electron chi connectivity index (χ3n) is 3.49. The topological polar surface area (TPSA) is 46.3 Å². The molecule has 0 aliphatic rings. The second kappa shape index (κ2) is 7.04. The smallest absolute Gasteiger partial charge is 0.239 e. The van der Waals surface area contributed by atoms with E-state index in [0.29, 0.717) is 13.0 Å². The lowest BCUT2D eigenvalue weighted by molar-refractivity contribution is -0.131. The van der Waals surface area contributed by atoms with Gasteiger partial charge in [0, 0.05) is 13.6 Å². The van der Waals surface area contributed by atoms with Crippen molar-refractivity contribution in [3.8, 4) is 0 Å². The molecule has 1 atom stereocenters. The van der Waals surface area contributed by atoms with Crippen LogP contribution in [0.3, 0.4) is 0 Å². The van der Waals surface area contributed by atoms with Crippen molar-refractivity contribution in [2.75, 3.05) is 7.05 Å². The van der Waals surface area contributed by atoms with Gasteiger partial charge in [0.25, 0.3) is 0 Å². The summed E-state index contributed by atoms with van der Waals surface area (Å²) < 4.78 is 0. The fourth-order valence-corrected chi connectivity index (χ4v) is 2.40. The molecule has 0 fully saturated rings. The first-order valence-electron chi connectivity index (χ1n) is 7.16. The van der Waals surface area contributed by atoms with E-state index in [-0.39, 0.29) is 5.91 Å². The summed E-state index contributed by atoms with van der Waals surface area (Å²) in [6.07, 6.45) is 0.567. The van der Waals surface area contributed by atoms with Gasteiger partial charge in [-0.3, -0.25) is 4.79 Å². The summed E-state index contributed by atoms with van der Waals surface area (Å²) in [6, 6.07) is 17.5. The number of nitrogens with two attached hydrogens (primary N) is 1. The maximum Gasteiger partial charge on any atom is 0.239 e. The number of aryl methyl sites for hydroxylation is 1. The highest BCUT2D eigenvalue weighted by atomic mass is 16.2. The van der Waals surface area contributed by atoms with Crippen LogP contribution >= 0.6 is 0 Å². The zero-order chi connectivity index (χ0) is 15.2. The van der Waals surface area contributed by atoms with Gasteiger partial charge in [-0.15, -0.1) is 0 Å². The van der Waals surface area contributed by atoms with E-state index in [4.69, 9.17) is 5.73 Å². The van der Waals surface area contributed by atoms with E-state index in [1.165, 1.54) is 5.56 Å². The van der Waals surface area contributed by atoms with Gasteiger partial charge in [0.15, 0.2) is 0 Å². The molecule has 3 heteroatoms. The quantitative estimate of drug-likeness (QED) is 0.916. The number of benzene rings is 2. The Kier molecular flexibility index (Phi) is 5.12. The Morgan fingerprint density at radius 2 is 1.76 bits per heavy atom. The summed E-state index contributed by atoms with van der Waals surface area (Å²) in [5.74, 6) is -0.0274. The van der Waals surface area contributed by atoms with E-state index >= 15 is 0 Å². The number of rotatable bonds is 5. The molecule has 0 bridgehead atoms. The summed E-state index contributed by atoms with van der Waals surface area (Å²) in [4.78, 5) is 14.0. The van der Waals surface area contributed by atoms with E-state index in [1.54, 1.807) is 11.9 Å². The number of carbonyl (C=O) groups excluding carboxylic acids is 1. The number of nitrogens with zero attached hydrogens (tertiary/aromatic N) is 1. The maximum absolute atomic E-state index is 12.3. The molecule has 3 nitrogen and oxygen atoms in total. The molecule has 0 aliphatic carbocycles. The van der Waals surface area contributed by atoms with Crippen molar-refractivity contribution in [1.29, 1.82) is 0 Å². The Labute approximate surface area is 126 Å². The van der Waals surface area contributed by atoms with Gasteiger partial charge in [-0.05, 0) is 24.5 Å². The fourth-order valence-electron chi connectivity index (χ4n) is 2.40. The Hall–Kier alpha value is -2.13. The molecular formula is C18H22N2O. The first kappa shape index (κ1) is 15.3. The van der Waals surface area contributed by atoms with Crippen LogP contribution in [0.2, 0.25) is 0 Å². The van der Waals surface area contributed by atoms with Crippen LogP contribution in [-0.2, 0) is 17.8 Å². The van der Waals surface area contributed by atoms with Crippen molar-refractivity contribution in [2.45, 2.75) is 25.9 Å². The number of carbonyl (C=O) groups is 1. The second-order valence-corrected chi connectivity index (χ2v) is 5.48. The minimum Gasteiger partial charge on any atom is -0.340 e. The van der Waals surface area contributed by atoms with Crippen molar-refractivity contribution in [3.63, 3.8) is 0 Å². The zero-order valence-electron chi connectivity index (χ0n) is 12.6. The average molecular weight is 282 g/mol. The standard InChI is InChI=1S/C18H22N2O/c1-14-7-6-10-16(11-14)13-20(2)18(21)17(19)12-15-8-4-3-5-9-15/h3-11,17H,12-13,19H2,1-2H3/t17-/m1/s1. The van der Waals surface area contributed by atoms with Crippen LogP contribution in [0.25, 0.3) is 0 Å². The SMILES string of the molecule is Cc1cccc(CN(C)C(=O)[C@H](N)Cc2ccccc2)c1. The Balaban J connectivity index is 1.95. The lowest BCUT2D eigenvalue weighted by Gasteiger charge is -2.21. The van der Waals surface area contributed by atoms with E-state index in [2.05, 4.69) is 6.07 Å². The van der Waals surface area contributed by atoms with Gasteiger partial charge in [-0.1, -0.05) is 60.2 Å². The van der Waals surface area contributed by atoms with Crippen LogP contribution in [0.1, 0.15) is 16.7 Å². The molecule has 0 saturated carbocycles. The van der Waals surface area contributed by atoms with Crippen LogP contribution in [0.15, 0.2) is 54.6 Å². The van der Waals surface area contributed by atoms with Crippen LogP contribution in [-0.4, -0.2) is 23.9 Å². The summed E-state index contributed by atoms with van der Waals surface area (Å²) in [6.45, 7) is 2.63. The second-order valence-electron chi connectivity index (χ2n) is 5.48. The first-order chi connectivity index (χ1) is 10.1. The van der Waals surface area contributed by atoms with Crippen molar-refractivity contribution in [1.82, 2.24) is 4.90 Å². The Bertz CT molecular complexity index is 595. The van der Waals surface area contributed by atoms with Crippen LogP contribution < -0.4 is 5.73 Å². The van der Waals surface area contributed by atoms with Gasteiger partial charge in [-0.2, -0.15) is 0 Å². The van der Waals surface area contributed by atoms with Crippen molar-refractivity contribution in [2.24, 2.45) is 5.73 Å². The van der Waals surface area contributed by atoms with E-state index in [9.17, 15) is 4.79 Å². The first-order valence-corrected chi connectivity index (χ1v) is 7.16. The molecule has 2 rings (SSSR count). The van der Waals surface area contributed by atoms with E-state index in [1.807, 2.05) is 55.5 Å².